The Bertz CT molecular complexity index is 696. The number of carbonyl (C=O) groups excluding carboxylic acids is 2. The van der Waals surface area contributed by atoms with Gasteiger partial charge in [0.2, 0.25) is 11.8 Å². The Morgan fingerprint density at radius 3 is 2.50 bits per heavy atom. The van der Waals surface area contributed by atoms with Crippen molar-refractivity contribution in [2.75, 3.05) is 26.2 Å². The quantitative estimate of drug-likeness (QED) is 0.602. The number of para-hydroxylation sites is 1. The average molecular weight is 360 g/mol. The molecule has 2 fully saturated rings. The molecule has 0 spiro atoms. The van der Waals surface area contributed by atoms with Gasteiger partial charge in [-0.15, -0.1) is 0 Å². The maximum atomic E-state index is 12.5. The summed E-state index contributed by atoms with van der Waals surface area (Å²) in [7, 11) is 0. The van der Waals surface area contributed by atoms with Crippen LogP contribution in [0.15, 0.2) is 24.3 Å². The monoisotopic (exact) mass is 360 g/mol. The number of piperazine rings is 1. The van der Waals surface area contributed by atoms with Crippen molar-refractivity contribution in [3.8, 4) is 0 Å². The number of benzene rings is 1. The van der Waals surface area contributed by atoms with Crippen LogP contribution in [0.3, 0.4) is 0 Å². The summed E-state index contributed by atoms with van der Waals surface area (Å²) in [5.41, 5.74) is 0.409. The van der Waals surface area contributed by atoms with Crippen molar-refractivity contribution in [1.29, 1.82) is 0 Å². The van der Waals surface area contributed by atoms with Gasteiger partial charge in [0, 0.05) is 43.9 Å². The topological polar surface area (TPSA) is 95.8 Å². The SMILES string of the molecule is CC(C(=O)NC1CC1)N1CCN(C(=O)Cc2ccccc2[N+](=O)[O-])CC1. The van der Waals surface area contributed by atoms with Gasteiger partial charge in [0.1, 0.15) is 0 Å². The van der Waals surface area contributed by atoms with Crippen LogP contribution in [-0.4, -0.2) is 64.8 Å². The Hall–Kier alpha value is -2.48. The van der Waals surface area contributed by atoms with Gasteiger partial charge in [-0.2, -0.15) is 0 Å². The Morgan fingerprint density at radius 2 is 1.88 bits per heavy atom. The van der Waals surface area contributed by atoms with Crippen LogP contribution in [0, 0.1) is 10.1 Å². The lowest BCUT2D eigenvalue weighted by molar-refractivity contribution is -0.385. The highest BCUT2D eigenvalue weighted by Gasteiger charge is 2.31. The fourth-order valence-corrected chi connectivity index (χ4v) is 3.19. The van der Waals surface area contributed by atoms with Crippen LogP contribution in [0.25, 0.3) is 0 Å². The van der Waals surface area contributed by atoms with Crippen LogP contribution < -0.4 is 5.32 Å². The molecule has 140 valence electrons. The van der Waals surface area contributed by atoms with Crippen molar-refractivity contribution in [1.82, 2.24) is 15.1 Å². The summed E-state index contributed by atoms with van der Waals surface area (Å²) in [5.74, 6) is -0.0683. The summed E-state index contributed by atoms with van der Waals surface area (Å²) < 4.78 is 0. The fourth-order valence-electron chi connectivity index (χ4n) is 3.19. The summed E-state index contributed by atoms with van der Waals surface area (Å²) in [6, 6.07) is 6.47. The number of rotatable bonds is 6. The lowest BCUT2D eigenvalue weighted by Crippen LogP contribution is -2.55. The minimum Gasteiger partial charge on any atom is -0.352 e. The minimum absolute atomic E-state index is 0.0227. The van der Waals surface area contributed by atoms with Crippen molar-refractivity contribution in [2.45, 2.75) is 38.3 Å². The van der Waals surface area contributed by atoms with E-state index in [9.17, 15) is 19.7 Å². The summed E-state index contributed by atoms with van der Waals surface area (Å²) in [4.78, 5) is 39.1. The van der Waals surface area contributed by atoms with E-state index in [0.717, 1.165) is 12.8 Å². The van der Waals surface area contributed by atoms with Crippen LogP contribution in [-0.2, 0) is 16.0 Å². The summed E-state index contributed by atoms with van der Waals surface area (Å²) in [6.45, 7) is 4.20. The first-order valence-corrected chi connectivity index (χ1v) is 9.00. The van der Waals surface area contributed by atoms with Gasteiger partial charge in [-0.05, 0) is 19.8 Å². The highest BCUT2D eigenvalue weighted by Crippen LogP contribution is 2.20. The molecule has 8 heteroatoms. The van der Waals surface area contributed by atoms with Crippen molar-refractivity contribution >= 4 is 17.5 Å². The smallest absolute Gasteiger partial charge is 0.273 e. The standard InChI is InChI=1S/C18H24N4O4/c1-13(18(24)19-15-6-7-15)20-8-10-21(11-9-20)17(23)12-14-4-2-3-5-16(14)22(25)26/h2-5,13,15H,6-12H2,1H3,(H,19,24). The van der Waals surface area contributed by atoms with E-state index < -0.39 is 4.92 Å². The second-order valence-corrected chi connectivity index (χ2v) is 6.94. The molecule has 1 aliphatic carbocycles. The van der Waals surface area contributed by atoms with E-state index in [1.165, 1.54) is 6.07 Å². The fraction of sp³-hybridized carbons (Fsp3) is 0.556. The molecule has 0 radical (unpaired) electrons. The molecule has 1 aliphatic heterocycles. The van der Waals surface area contributed by atoms with Gasteiger partial charge >= 0.3 is 0 Å². The van der Waals surface area contributed by atoms with E-state index in [1.54, 1.807) is 23.1 Å². The van der Waals surface area contributed by atoms with Crippen LogP contribution >= 0.6 is 0 Å². The zero-order valence-corrected chi connectivity index (χ0v) is 14.9. The van der Waals surface area contributed by atoms with Crippen LogP contribution in [0.4, 0.5) is 5.69 Å². The predicted molar refractivity (Wildman–Crippen MR) is 95.6 cm³/mol. The molecule has 3 rings (SSSR count). The van der Waals surface area contributed by atoms with Crippen molar-refractivity contribution < 1.29 is 14.5 Å². The molecular formula is C18H24N4O4. The molecule has 1 N–H and O–H groups in total. The second kappa shape index (κ2) is 7.82. The molecule has 1 heterocycles. The normalized spacial score (nSPS) is 19.0. The molecule has 1 aromatic carbocycles. The first-order valence-electron chi connectivity index (χ1n) is 9.00. The summed E-state index contributed by atoms with van der Waals surface area (Å²) in [5, 5.41) is 14.1. The number of nitro groups is 1. The predicted octanol–water partition coefficient (Wildman–Crippen LogP) is 0.949. The van der Waals surface area contributed by atoms with Crippen LogP contribution in [0.1, 0.15) is 25.3 Å². The van der Waals surface area contributed by atoms with Crippen LogP contribution in [0.5, 0.6) is 0 Å². The minimum atomic E-state index is -0.458. The zero-order valence-electron chi connectivity index (χ0n) is 14.9. The van der Waals surface area contributed by atoms with Gasteiger partial charge in [-0.1, -0.05) is 18.2 Å². The van der Waals surface area contributed by atoms with E-state index in [4.69, 9.17) is 0 Å². The molecule has 2 amide bonds. The maximum Gasteiger partial charge on any atom is 0.273 e. The third-order valence-electron chi connectivity index (χ3n) is 5.05. The van der Waals surface area contributed by atoms with E-state index in [-0.39, 0.29) is 30.0 Å². The number of amides is 2. The average Bonchev–Trinajstić information content (AvgIpc) is 3.45. The Labute approximate surface area is 152 Å². The van der Waals surface area contributed by atoms with Crippen molar-refractivity contribution in [3.63, 3.8) is 0 Å². The number of hydrogen-bond acceptors (Lipinski definition) is 5. The summed E-state index contributed by atoms with van der Waals surface area (Å²) in [6.07, 6.45) is 2.15. The number of nitro benzene ring substituents is 1. The van der Waals surface area contributed by atoms with Gasteiger partial charge in [-0.3, -0.25) is 24.6 Å². The Kier molecular flexibility index (Phi) is 5.51. The number of carbonyl (C=O) groups is 2. The third kappa shape index (κ3) is 4.37. The number of nitrogens with one attached hydrogen (secondary N) is 1. The summed E-state index contributed by atoms with van der Waals surface area (Å²) >= 11 is 0. The van der Waals surface area contributed by atoms with Crippen molar-refractivity contribution in [3.05, 3.63) is 39.9 Å². The van der Waals surface area contributed by atoms with Gasteiger partial charge < -0.3 is 10.2 Å². The molecule has 0 bridgehead atoms. The second-order valence-electron chi connectivity index (χ2n) is 6.94. The number of nitrogens with zero attached hydrogens (tertiary/aromatic N) is 3. The van der Waals surface area contributed by atoms with Gasteiger partial charge in [0.05, 0.1) is 17.4 Å². The highest BCUT2D eigenvalue weighted by atomic mass is 16.6. The highest BCUT2D eigenvalue weighted by molar-refractivity contribution is 5.82. The van der Waals surface area contributed by atoms with E-state index in [2.05, 4.69) is 10.2 Å². The van der Waals surface area contributed by atoms with E-state index in [0.29, 0.717) is 37.8 Å². The molecule has 2 aliphatic rings. The molecule has 26 heavy (non-hydrogen) atoms. The Balaban J connectivity index is 1.52. The molecule has 8 nitrogen and oxygen atoms in total. The van der Waals surface area contributed by atoms with Gasteiger partial charge in [0.15, 0.2) is 0 Å². The molecule has 1 atom stereocenters. The largest absolute Gasteiger partial charge is 0.352 e. The maximum absolute atomic E-state index is 12.5. The number of hydrogen-bond donors (Lipinski definition) is 1. The Morgan fingerprint density at radius 1 is 1.23 bits per heavy atom. The first-order chi connectivity index (χ1) is 12.5. The van der Waals surface area contributed by atoms with Crippen molar-refractivity contribution in [2.24, 2.45) is 0 Å². The third-order valence-corrected chi connectivity index (χ3v) is 5.05. The van der Waals surface area contributed by atoms with Gasteiger partial charge in [0.25, 0.3) is 5.69 Å². The van der Waals surface area contributed by atoms with Gasteiger partial charge in [-0.25, -0.2) is 0 Å². The molecule has 1 unspecified atom stereocenters. The first kappa shape index (κ1) is 18.3. The van der Waals surface area contributed by atoms with E-state index in [1.807, 2.05) is 6.92 Å². The zero-order chi connectivity index (χ0) is 18.7. The van der Waals surface area contributed by atoms with E-state index >= 15 is 0 Å². The molecular weight excluding hydrogens is 336 g/mol. The lowest BCUT2D eigenvalue weighted by atomic mass is 10.1. The molecule has 1 aromatic rings. The van der Waals surface area contributed by atoms with Crippen LogP contribution in [0.2, 0.25) is 0 Å². The molecule has 1 saturated heterocycles. The lowest BCUT2D eigenvalue weighted by Gasteiger charge is -2.37. The molecule has 0 aromatic heterocycles. The molecule has 1 saturated carbocycles.